The number of ketones is 1. The number of carbonyl (C=O) groups excluding carboxylic acids is 1. The Morgan fingerprint density at radius 2 is 2.06 bits per heavy atom. The standard InChI is InChI=1S/C16H16O/c1-13-7-9-14(10-8-13)11-12-16(17)15-5-3-2-4-6-15/h2-7,9-13H,8H2,1H3/b12-11+. The average molecular weight is 224 g/mol. The van der Waals surface area contributed by atoms with Crippen molar-refractivity contribution in [3.05, 3.63) is 71.8 Å². The van der Waals surface area contributed by atoms with Gasteiger partial charge in [0.15, 0.2) is 5.78 Å². The van der Waals surface area contributed by atoms with Crippen LogP contribution in [0, 0.1) is 5.92 Å². The van der Waals surface area contributed by atoms with Gasteiger partial charge in [0.25, 0.3) is 0 Å². The molecule has 0 bridgehead atoms. The largest absolute Gasteiger partial charge is 0.289 e. The second-order valence-corrected chi connectivity index (χ2v) is 4.34. The summed E-state index contributed by atoms with van der Waals surface area (Å²) >= 11 is 0. The van der Waals surface area contributed by atoms with Gasteiger partial charge in [-0.05, 0) is 24.0 Å². The molecule has 0 amide bonds. The van der Waals surface area contributed by atoms with Crippen LogP contribution in [-0.2, 0) is 0 Å². The van der Waals surface area contributed by atoms with Gasteiger partial charge in [0.1, 0.15) is 0 Å². The second kappa shape index (κ2) is 5.44. The summed E-state index contributed by atoms with van der Waals surface area (Å²) in [6, 6.07) is 9.33. The normalized spacial score (nSPS) is 19.4. The molecule has 1 aromatic rings. The van der Waals surface area contributed by atoms with Crippen molar-refractivity contribution in [2.75, 3.05) is 0 Å². The van der Waals surface area contributed by atoms with Gasteiger partial charge in [0, 0.05) is 5.56 Å². The molecular weight excluding hydrogens is 208 g/mol. The van der Waals surface area contributed by atoms with Gasteiger partial charge in [-0.15, -0.1) is 0 Å². The summed E-state index contributed by atoms with van der Waals surface area (Å²) in [4.78, 5) is 11.8. The van der Waals surface area contributed by atoms with Crippen LogP contribution < -0.4 is 0 Å². The number of hydrogen-bond donors (Lipinski definition) is 0. The number of allylic oxidation sites excluding steroid dienone is 6. The molecule has 0 saturated carbocycles. The number of rotatable bonds is 3. The summed E-state index contributed by atoms with van der Waals surface area (Å²) in [6.45, 7) is 2.18. The molecule has 1 unspecified atom stereocenters. The quantitative estimate of drug-likeness (QED) is 0.561. The predicted molar refractivity (Wildman–Crippen MR) is 70.9 cm³/mol. The zero-order chi connectivity index (χ0) is 12.1. The number of benzene rings is 1. The van der Waals surface area contributed by atoms with E-state index in [9.17, 15) is 4.79 Å². The van der Waals surface area contributed by atoms with Crippen molar-refractivity contribution in [2.45, 2.75) is 13.3 Å². The first-order chi connectivity index (χ1) is 8.25. The summed E-state index contributed by atoms with van der Waals surface area (Å²) in [5.74, 6) is 0.662. The molecule has 1 aliphatic carbocycles. The molecule has 0 aliphatic heterocycles. The van der Waals surface area contributed by atoms with Crippen LogP contribution in [0.4, 0.5) is 0 Å². The van der Waals surface area contributed by atoms with Crippen molar-refractivity contribution < 1.29 is 4.79 Å². The van der Waals surface area contributed by atoms with Crippen LogP contribution in [0.3, 0.4) is 0 Å². The van der Waals surface area contributed by atoms with Crippen LogP contribution in [0.25, 0.3) is 0 Å². The Morgan fingerprint density at radius 3 is 2.71 bits per heavy atom. The minimum atomic E-state index is 0.0542. The van der Waals surface area contributed by atoms with Crippen LogP contribution in [0.5, 0.6) is 0 Å². The van der Waals surface area contributed by atoms with E-state index in [0.29, 0.717) is 5.92 Å². The third kappa shape index (κ3) is 3.28. The third-order valence-corrected chi connectivity index (χ3v) is 2.83. The highest BCUT2D eigenvalue weighted by Crippen LogP contribution is 2.16. The summed E-state index contributed by atoms with van der Waals surface area (Å²) in [5.41, 5.74) is 1.85. The summed E-state index contributed by atoms with van der Waals surface area (Å²) in [5, 5.41) is 0. The van der Waals surface area contributed by atoms with E-state index in [4.69, 9.17) is 0 Å². The predicted octanol–water partition coefficient (Wildman–Crippen LogP) is 3.95. The first kappa shape index (κ1) is 11.6. The van der Waals surface area contributed by atoms with Crippen LogP contribution in [0.1, 0.15) is 23.7 Å². The molecule has 0 saturated heterocycles. The molecule has 1 nitrogen and oxygen atoms in total. The molecule has 0 spiro atoms. The van der Waals surface area contributed by atoms with Crippen molar-refractivity contribution in [3.63, 3.8) is 0 Å². The highest BCUT2D eigenvalue weighted by atomic mass is 16.1. The molecule has 17 heavy (non-hydrogen) atoms. The lowest BCUT2D eigenvalue weighted by Crippen LogP contribution is -1.95. The molecule has 0 N–H and O–H groups in total. The molecule has 0 radical (unpaired) electrons. The molecule has 2 rings (SSSR count). The van der Waals surface area contributed by atoms with Gasteiger partial charge in [-0.25, -0.2) is 0 Å². The van der Waals surface area contributed by atoms with Crippen molar-refractivity contribution >= 4 is 5.78 Å². The smallest absolute Gasteiger partial charge is 0.185 e. The fourth-order valence-corrected chi connectivity index (χ4v) is 1.74. The van der Waals surface area contributed by atoms with Gasteiger partial charge in [0.05, 0.1) is 0 Å². The SMILES string of the molecule is CC1C=CC(/C=C/C(=O)c2ccccc2)=CC1. The molecule has 1 aromatic carbocycles. The van der Waals surface area contributed by atoms with Gasteiger partial charge < -0.3 is 0 Å². The lowest BCUT2D eigenvalue weighted by atomic mass is 9.98. The minimum Gasteiger partial charge on any atom is -0.289 e. The molecule has 1 atom stereocenters. The number of carbonyl (C=O) groups is 1. The first-order valence-corrected chi connectivity index (χ1v) is 5.91. The van der Waals surface area contributed by atoms with Gasteiger partial charge in [-0.1, -0.05) is 61.6 Å². The zero-order valence-corrected chi connectivity index (χ0v) is 9.97. The Hall–Kier alpha value is -1.89. The van der Waals surface area contributed by atoms with Gasteiger partial charge in [0.2, 0.25) is 0 Å². The molecular formula is C16H16O. The Bertz CT molecular complexity index is 478. The maximum Gasteiger partial charge on any atom is 0.185 e. The minimum absolute atomic E-state index is 0.0542. The Balaban J connectivity index is 2.03. The molecule has 1 aliphatic rings. The molecule has 0 aromatic heterocycles. The Kier molecular flexibility index (Phi) is 3.71. The monoisotopic (exact) mass is 224 g/mol. The van der Waals surface area contributed by atoms with E-state index < -0.39 is 0 Å². The van der Waals surface area contributed by atoms with Crippen LogP contribution in [0.2, 0.25) is 0 Å². The second-order valence-electron chi connectivity index (χ2n) is 4.34. The highest BCUT2D eigenvalue weighted by molar-refractivity contribution is 6.04. The third-order valence-electron chi connectivity index (χ3n) is 2.83. The Morgan fingerprint density at radius 1 is 1.29 bits per heavy atom. The highest BCUT2D eigenvalue weighted by Gasteiger charge is 2.02. The molecule has 86 valence electrons. The van der Waals surface area contributed by atoms with E-state index in [-0.39, 0.29) is 5.78 Å². The topological polar surface area (TPSA) is 17.1 Å². The maximum atomic E-state index is 11.8. The Labute approximate surface area is 102 Å². The summed E-state index contributed by atoms with van der Waals surface area (Å²) < 4.78 is 0. The van der Waals surface area contributed by atoms with Gasteiger partial charge in [-0.3, -0.25) is 4.79 Å². The van der Waals surface area contributed by atoms with Crippen molar-refractivity contribution in [1.82, 2.24) is 0 Å². The van der Waals surface area contributed by atoms with Crippen LogP contribution in [-0.4, -0.2) is 5.78 Å². The van der Waals surface area contributed by atoms with Crippen molar-refractivity contribution in [2.24, 2.45) is 5.92 Å². The fraction of sp³-hybridized carbons (Fsp3) is 0.188. The van der Waals surface area contributed by atoms with Crippen LogP contribution >= 0.6 is 0 Å². The van der Waals surface area contributed by atoms with E-state index in [0.717, 1.165) is 17.6 Å². The zero-order valence-electron chi connectivity index (χ0n) is 9.97. The van der Waals surface area contributed by atoms with E-state index >= 15 is 0 Å². The number of hydrogen-bond acceptors (Lipinski definition) is 1. The van der Waals surface area contributed by atoms with E-state index in [1.54, 1.807) is 6.08 Å². The maximum absolute atomic E-state index is 11.8. The molecule has 0 heterocycles. The molecule has 1 heteroatoms. The van der Waals surface area contributed by atoms with Crippen molar-refractivity contribution in [3.8, 4) is 0 Å². The van der Waals surface area contributed by atoms with Crippen LogP contribution in [0.15, 0.2) is 66.3 Å². The van der Waals surface area contributed by atoms with Gasteiger partial charge in [-0.2, -0.15) is 0 Å². The first-order valence-electron chi connectivity index (χ1n) is 5.91. The fourth-order valence-electron chi connectivity index (χ4n) is 1.74. The van der Waals surface area contributed by atoms with Crippen molar-refractivity contribution in [1.29, 1.82) is 0 Å². The van der Waals surface area contributed by atoms with Gasteiger partial charge >= 0.3 is 0 Å². The van der Waals surface area contributed by atoms with E-state index in [2.05, 4.69) is 25.2 Å². The molecule has 0 fully saturated rings. The summed E-state index contributed by atoms with van der Waals surface area (Å²) in [6.07, 6.45) is 11.0. The lowest BCUT2D eigenvalue weighted by Gasteiger charge is -2.08. The van der Waals surface area contributed by atoms with E-state index in [1.165, 1.54) is 0 Å². The summed E-state index contributed by atoms with van der Waals surface area (Å²) in [7, 11) is 0. The lowest BCUT2D eigenvalue weighted by molar-refractivity contribution is 0.104. The average Bonchev–Trinajstić information content (AvgIpc) is 2.39. The van der Waals surface area contributed by atoms with E-state index in [1.807, 2.05) is 36.4 Å².